The predicted octanol–water partition coefficient (Wildman–Crippen LogP) is 3.38. The molecule has 1 heterocycles. The Morgan fingerprint density at radius 1 is 1.45 bits per heavy atom. The zero-order chi connectivity index (χ0) is 14.8. The van der Waals surface area contributed by atoms with E-state index in [1.54, 1.807) is 0 Å². The fourth-order valence-electron chi connectivity index (χ4n) is 2.68. The lowest BCUT2D eigenvalue weighted by Crippen LogP contribution is -2.29. The SMILES string of the molecule is CCCC1CCN(S(=O)(=O)c2cc(F)ccc2CCl)C1. The maximum Gasteiger partial charge on any atom is 0.243 e. The molecule has 0 bridgehead atoms. The number of benzene rings is 1. The van der Waals surface area contributed by atoms with Gasteiger partial charge in [0.15, 0.2) is 0 Å². The van der Waals surface area contributed by atoms with E-state index in [1.807, 2.05) is 0 Å². The van der Waals surface area contributed by atoms with Gasteiger partial charge in [0.2, 0.25) is 10.0 Å². The van der Waals surface area contributed by atoms with Crippen LogP contribution in [0.3, 0.4) is 0 Å². The summed E-state index contributed by atoms with van der Waals surface area (Å²) < 4.78 is 40.1. The van der Waals surface area contributed by atoms with Crippen LogP contribution < -0.4 is 0 Å². The number of hydrogen-bond donors (Lipinski definition) is 0. The van der Waals surface area contributed by atoms with Crippen molar-refractivity contribution in [2.75, 3.05) is 13.1 Å². The molecule has 1 aromatic carbocycles. The Kier molecular flexibility index (Phi) is 5.04. The summed E-state index contributed by atoms with van der Waals surface area (Å²) in [5.74, 6) is -0.0920. The van der Waals surface area contributed by atoms with Gasteiger partial charge >= 0.3 is 0 Å². The van der Waals surface area contributed by atoms with Crippen LogP contribution in [0.4, 0.5) is 4.39 Å². The molecule has 20 heavy (non-hydrogen) atoms. The van der Waals surface area contributed by atoms with Crippen LogP contribution in [0, 0.1) is 11.7 Å². The fraction of sp³-hybridized carbons (Fsp3) is 0.571. The minimum absolute atomic E-state index is 0.00430. The van der Waals surface area contributed by atoms with Crippen LogP contribution in [0.2, 0.25) is 0 Å². The summed E-state index contributed by atoms with van der Waals surface area (Å²) in [5.41, 5.74) is 0.451. The molecule has 1 saturated heterocycles. The zero-order valence-electron chi connectivity index (χ0n) is 11.5. The Labute approximate surface area is 124 Å². The largest absolute Gasteiger partial charge is 0.243 e. The molecule has 0 radical (unpaired) electrons. The molecule has 6 heteroatoms. The lowest BCUT2D eigenvalue weighted by Gasteiger charge is -2.18. The summed E-state index contributed by atoms with van der Waals surface area (Å²) in [6.45, 7) is 3.12. The third-order valence-electron chi connectivity index (χ3n) is 3.74. The van der Waals surface area contributed by atoms with Crippen LogP contribution in [0.5, 0.6) is 0 Å². The van der Waals surface area contributed by atoms with Crippen molar-refractivity contribution in [3.05, 3.63) is 29.6 Å². The van der Waals surface area contributed by atoms with Gasteiger partial charge in [-0.3, -0.25) is 0 Å². The summed E-state index contributed by atoms with van der Waals surface area (Å²) >= 11 is 5.77. The van der Waals surface area contributed by atoms with Gasteiger partial charge in [0, 0.05) is 19.0 Å². The first-order chi connectivity index (χ1) is 9.48. The first-order valence-electron chi connectivity index (χ1n) is 6.83. The van der Waals surface area contributed by atoms with E-state index in [1.165, 1.54) is 16.4 Å². The minimum atomic E-state index is -3.65. The fourth-order valence-corrected chi connectivity index (χ4v) is 4.75. The van der Waals surface area contributed by atoms with Gasteiger partial charge in [0.1, 0.15) is 5.82 Å². The summed E-state index contributed by atoms with van der Waals surface area (Å²) in [6.07, 6.45) is 2.95. The second-order valence-corrected chi connectivity index (χ2v) is 7.37. The van der Waals surface area contributed by atoms with E-state index < -0.39 is 15.8 Å². The van der Waals surface area contributed by atoms with E-state index >= 15 is 0 Å². The molecular formula is C14H19ClFNO2S. The van der Waals surface area contributed by atoms with Gasteiger partial charge in [0.25, 0.3) is 0 Å². The highest BCUT2D eigenvalue weighted by atomic mass is 35.5. The van der Waals surface area contributed by atoms with Gasteiger partial charge < -0.3 is 0 Å². The Morgan fingerprint density at radius 3 is 2.85 bits per heavy atom. The van der Waals surface area contributed by atoms with E-state index in [2.05, 4.69) is 6.92 Å². The molecule has 0 aromatic heterocycles. The standard InChI is InChI=1S/C14H19ClFNO2S/c1-2-3-11-6-7-17(10-11)20(18,19)14-8-13(16)5-4-12(14)9-15/h4-5,8,11H,2-3,6-7,9-10H2,1H3. The average Bonchev–Trinajstić information content (AvgIpc) is 2.88. The Morgan fingerprint density at radius 2 is 2.20 bits per heavy atom. The number of halogens is 2. The molecule has 112 valence electrons. The van der Waals surface area contributed by atoms with Gasteiger partial charge in [-0.05, 0) is 36.5 Å². The number of rotatable bonds is 5. The molecule has 1 aliphatic rings. The van der Waals surface area contributed by atoms with Crippen molar-refractivity contribution in [2.45, 2.75) is 37.0 Å². The predicted molar refractivity (Wildman–Crippen MR) is 77.7 cm³/mol. The molecule has 1 aliphatic heterocycles. The zero-order valence-corrected chi connectivity index (χ0v) is 13.1. The average molecular weight is 320 g/mol. The second kappa shape index (κ2) is 6.41. The molecule has 1 atom stereocenters. The third-order valence-corrected chi connectivity index (χ3v) is 5.97. The topological polar surface area (TPSA) is 37.4 Å². The van der Waals surface area contributed by atoms with E-state index in [0.29, 0.717) is 24.6 Å². The van der Waals surface area contributed by atoms with E-state index in [9.17, 15) is 12.8 Å². The number of alkyl halides is 1. The van der Waals surface area contributed by atoms with Crippen LogP contribution in [-0.2, 0) is 15.9 Å². The van der Waals surface area contributed by atoms with Gasteiger partial charge in [-0.2, -0.15) is 4.31 Å². The van der Waals surface area contributed by atoms with E-state index in [0.717, 1.165) is 25.3 Å². The van der Waals surface area contributed by atoms with Crippen LogP contribution in [0.1, 0.15) is 31.7 Å². The summed E-state index contributed by atoms with van der Waals surface area (Å²) in [5, 5.41) is 0. The number of hydrogen-bond acceptors (Lipinski definition) is 2. The summed E-state index contributed by atoms with van der Waals surface area (Å²) in [4.78, 5) is 0.00430. The van der Waals surface area contributed by atoms with Gasteiger partial charge in [0.05, 0.1) is 4.90 Å². The Hall–Kier alpha value is -0.650. The molecule has 0 amide bonds. The molecule has 1 fully saturated rings. The van der Waals surface area contributed by atoms with Crippen LogP contribution in [0.15, 0.2) is 23.1 Å². The highest BCUT2D eigenvalue weighted by molar-refractivity contribution is 7.89. The van der Waals surface area contributed by atoms with Crippen LogP contribution in [0.25, 0.3) is 0 Å². The Balaban J connectivity index is 2.29. The molecule has 0 aliphatic carbocycles. The highest BCUT2D eigenvalue weighted by Gasteiger charge is 2.33. The van der Waals surface area contributed by atoms with Crippen molar-refractivity contribution in [2.24, 2.45) is 5.92 Å². The number of nitrogens with zero attached hydrogens (tertiary/aromatic N) is 1. The van der Waals surface area contributed by atoms with Gasteiger partial charge in [-0.1, -0.05) is 19.4 Å². The lowest BCUT2D eigenvalue weighted by atomic mass is 10.0. The van der Waals surface area contributed by atoms with Crippen LogP contribution in [-0.4, -0.2) is 25.8 Å². The molecular weight excluding hydrogens is 301 g/mol. The smallest absolute Gasteiger partial charge is 0.207 e. The van der Waals surface area contributed by atoms with Crippen molar-refractivity contribution in [3.8, 4) is 0 Å². The van der Waals surface area contributed by atoms with Crippen molar-refractivity contribution in [1.82, 2.24) is 4.31 Å². The quantitative estimate of drug-likeness (QED) is 0.780. The molecule has 0 saturated carbocycles. The lowest BCUT2D eigenvalue weighted by molar-refractivity contribution is 0.443. The van der Waals surface area contributed by atoms with Crippen molar-refractivity contribution >= 4 is 21.6 Å². The second-order valence-electron chi connectivity index (χ2n) is 5.19. The van der Waals surface area contributed by atoms with E-state index in [-0.39, 0.29) is 10.8 Å². The monoisotopic (exact) mass is 319 g/mol. The summed E-state index contributed by atoms with van der Waals surface area (Å²) in [6, 6.07) is 3.75. The van der Waals surface area contributed by atoms with Gasteiger partial charge in [-0.15, -0.1) is 11.6 Å². The summed E-state index contributed by atoms with van der Waals surface area (Å²) in [7, 11) is -3.65. The first-order valence-corrected chi connectivity index (χ1v) is 8.81. The molecule has 0 N–H and O–H groups in total. The first kappa shape index (κ1) is 15.7. The molecule has 3 nitrogen and oxygen atoms in total. The van der Waals surface area contributed by atoms with Crippen molar-refractivity contribution in [1.29, 1.82) is 0 Å². The molecule has 1 aromatic rings. The van der Waals surface area contributed by atoms with E-state index in [4.69, 9.17) is 11.6 Å². The normalized spacial score (nSPS) is 20.4. The third kappa shape index (κ3) is 3.15. The molecule has 0 spiro atoms. The molecule has 2 rings (SSSR count). The van der Waals surface area contributed by atoms with Gasteiger partial charge in [-0.25, -0.2) is 12.8 Å². The maximum absolute atomic E-state index is 13.4. The maximum atomic E-state index is 13.4. The minimum Gasteiger partial charge on any atom is -0.207 e. The molecule has 1 unspecified atom stereocenters. The van der Waals surface area contributed by atoms with Crippen molar-refractivity contribution in [3.63, 3.8) is 0 Å². The Bertz CT molecular complexity index is 577. The highest BCUT2D eigenvalue weighted by Crippen LogP contribution is 2.29. The number of sulfonamides is 1. The van der Waals surface area contributed by atoms with Crippen LogP contribution >= 0.6 is 11.6 Å². The van der Waals surface area contributed by atoms with Crippen molar-refractivity contribution < 1.29 is 12.8 Å².